The van der Waals surface area contributed by atoms with Crippen molar-refractivity contribution in [1.82, 2.24) is 4.90 Å². The molecule has 1 aliphatic heterocycles. The minimum absolute atomic E-state index is 0.0489. The molecule has 1 heterocycles. The summed E-state index contributed by atoms with van der Waals surface area (Å²) < 4.78 is 26.7. The van der Waals surface area contributed by atoms with Crippen molar-refractivity contribution in [3.63, 3.8) is 0 Å². The van der Waals surface area contributed by atoms with Crippen LogP contribution in [0.2, 0.25) is 0 Å². The Labute approximate surface area is 360 Å². The summed E-state index contributed by atoms with van der Waals surface area (Å²) in [6, 6.07) is 27.5. The number of ether oxygens (including phenoxy) is 4. The number of amides is 1. The van der Waals surface area contributed by atoms with Gasteiger partial charge in [-0.25, -0.2) is 0 Å². The summed E-state index contributed by atoms with van der Waals surface area (Å²) in [7, 11) is 1.63. The molecule has 324 valence electrons. The van der Waals surface area contributed by atoms with Crippen molar-refractivity contribution in [3.05, 3.63) is 120 Å². The molecule has 6 atom stereocenters. The van der Waals surface area contributed by atoms with Crippen LogP contribution in [0.15, 0.2) is 114 Å². The van der Waals surface area contributed by atoms with Gasteiger partial charge in [0.05, 0.1) is 31.8 Å². The van der Waals surface area contributed by atoms with E-state index in [1.807, 2.05) is 66.4 Å². The fourth-order valence-corrected chi connectivity index (χ4v) is 9.98. The Hall–Kier alpha value is -5.16. The van der Waals surface area contributed by atoms with Crippen LogP contribution in [0.1, 0.15) is 82.3 Å². The molecule has 10 nitrogen and oxygen atoms in total. The van der Waals surface area contributed by atoms with Gasteiger partial charge in [-0.05, 0) is 115 Å². The van der Waals surface area contributed by atoms with Crippen LogP contribution in [0.25, 0.3) is 10.8 Å². The van der Waals surface area contributed by atoms with Crippen molar-refractivity contribution in [3.8, 4) is 23.0 Å². The van der Waals surface area contributed by atoms with E-state index < -0.39 is 17.7 Å². The number of hydrogen-bond donors (Lipinski definition) is 2. The highest BCUT2D eigenvalue weighted by Crippen LogP contribution is 2.62. The number of unbranched alkanes of at least 4 members (excludes halogenated alkanes) is 2. The zero-order valence-electron chi connectivity index (χ0n) is 36.0. The normalized spacial score (nSPS) is 23.3. The van der Waals surface area contributed by atoms with Crippen LogP contribution in [0, 0.1) is 17.8 Å². The number of oxime groups is 1. The summed E-state index contributed by atoms with van der Waals surface area (Å²) in [6.07, 6.45) is 10.1. The highest BCUT2D eigenvalue weighted by molar-refractivity contribution is 6.03. The SMILES string of the molecule is C=CCOC12Oc3ccc(Oc4ccc5ccccc5c4)cc3C3C(CCCCO)C(CCCCO)C=C(C(=NOCC)CC1N(CCC)C(=O)Cc1cccc(OC)c1)C32. The lowest BCUT2D eigenvalue weighted by molar-refractivity contribution is -0.257. The van der Waals surface area contributed by atoms with Gasteiger partial charge in [-0.3, -0.25) is 4.79 Å². The first-order valence-corrected chi connectivity index (χ1v) is 22.2. The van der Waals surface area contributed by atoms with Crippen molar-refractivity contribution in [2.24, 2.45) is 22.9 Å². The fraction of sp³-hybridized carbons (Fsp3) is 0.451. The third-order valence-corrected chi connectivity index (χ3v) is 12.6. The van der Waals surface area contributed by atoms with Crippen molar-refractivity contribution >= 4 is 22.4 Å². The van der Waals surface area contributed by atoms with Gasteiger partial charge in [0.2, 0.25) is 11.7 Å². The fourth-order valence-electron chi connectivity index (χ4n) is 9.98. The summed E-state index contributed by atoms with van der Waals surface area (Å²) in [5.74, 6) is 1.10. The summed E-state index contributed by atoms with van der Waals surface area (Å²) in [5.41, 5.74) is 3.65. The maximum absolute atomic E-state index is 14.8. The van der Waals surface area contributed by atoms with Crippen LogP contribution < -0.4 is 14.2 Å². The average molecular weight is 831 g/mol. The number of carbonyl (C=O) groups is 1. The molecule has 7 rings (SSSR count). The summed E-state index contributed by atoms with van der Waals surface area (Å²) in [5, 5.41) is 26.9. The van der Waals surface area contributed by atoms with E-state index in [2.05, 4.69) is 49.9 Å². The molecule has 1 saturated carbocycles. The van der Waals surface area contributed by atoms with E-state index >= 15 is 0 Å². The van der Waals surface area contributed by atoms with E-state index in [4.69, 9.17) is 28.9 Å². The first-order chi connectivity index (χ1) is 29.9. The lowest BCUT2D eigenvalue weighted by Gasteiger charge is -2.60. The number of rotatable bonds is 21. The van der Waals surface area contributed by atoms with E-state index in [0.717, 1.165) is 71.0 Å². The Balaban J connectivity index is 1.41. The molecule has 0 saturated heterocycles. The van der Waals surface area contributed by atoms with Gasteiger partial charge in [-0.1, -0.05) is 79.5 Å². The highest BCUT2D eigenvalue weighted by atomic mass is 16.7. The average Bonchev–Trinajstić information content (AvgIpc) is 3.28. The second-order valence-corrected chi connectivity index (χ2v) is 16.4. The molecule has 2 aliphatic carbocycles. The Morgan fingerprint density at radius 2 is 1.69 bits per heavy atom. The van der Waals surface area contributed by atoms with Gasteiger partial charge in [0, 0.05) is 37.7 Å². The molecule has 2 N–H and O–H groups in total. The zero-order valence-corrected chi connectivity index (χ0v) is 36.0. The molecule has 6 unspecified atom stereocenters. The van der Waals surface area contributed by atoms with Crippen molar-refractivity contribution < 1.29 is 38.8 Å². The molecule has 0 aromatic heterocycles. The zero-order chi connectivity index (χ0) is 42.8. The van der Waals surface area contributed by atoms with Gasteiger partial charge in [0.1, 0.15) is 35.6 Å². The van der Waals surface area contributed by atoms with Gasteiger partial charge >= 0.3 is 0 Å². The topological polar surface area (TPSA) is 119 Å². The number of aliphatic hydroxyl groups is 2. The molecule has 0 bridgehead atoms. The van der Waals surface area contributed by atoms with Crippen LogP contribution in [0.5, 0.6) is 23.0 Å². The second kappa shape index (κ2) is 20.6. The monoisotopic (exact) mass is 830 g/mol. The second-order valence-electron chi connectivity index (χ2n) is 16.4. The number of benzene rings is 4. The Morgan fingerprint density at radius 1 is 0.918 bits per heavy atom. The van der Waals surface area contributed by atoms with Crippen molar-refractivity contribution in [1.29, 1.82) is 0 Å². The minimum Gasteiger partial charge on any atom is -0.497 e. The van der Waals surface area contributed by atoms with Crippen molar-refractivity contribution in [2.75, 3.05) is 40.1 Å². The molecule has 4 aromatic carbocycles. The van der Waals surface area contributed by atoms with Crippen LogP contribution in [0.3, 0.4) is 0 Å². The highest BCUT2D eigenvalue weighted by Gasteiger charge is 2.65. The number of methoxy groups -OCH3 is 1. The lowest BCUT2D eigenvalue weighted by Crippen LogP contribution is -2.70. The molecule has 10 heteroatoms. The van der Waals surface area contributed by atoms with E-state index in [1.165, 1.54) is 0 Å². The number of hydrogen-bond acceptors (Lipinski definition) is 9. The molecular formula is C51H62N2O8. The van der Waals surface area contributed by atoms with Gasteiger partial charge in [-0.2, -0.15) is 0 Å². The van der Waals surface area contributed by atoms with Crippen LogP contribution in [-0.2, 0) is 20.8 Å². The predicted molar refractivity (Wildman–Crippen MR) is 239 cm³/mol. The third-order valence-electron chi connectivity index (χ3n) is 12.6. The molecule has 4 aromatic rings. The third kappa shape index (κ3) is 9.52. The van der Waals surface area contributed by atoms with Crippen molar-refractivity contribution in [2.45, 2.75) is 89.4 Å². The number of fused-ring (bicyclic) bond motifs is 3. The standard InChI is InChI=1S/C51H62N2O8/c1-5-25-53(48(56)30-35-15-14-19-39(29-35)57-4)47-34-45(52-59-7-3)43-32-38(18-10-12-26-54)42(20-11-13-27-55)49-44-33-41(60-40-22-21-36-16-8-9-17-37(36)31-40)23-24-46(44)61-51(47,50(43)49)58-28-6-2/h6,8-9,14-17,19,21-24,29,31-33,38,42,47,49-50,54-55H,2,5,7,10-13,18,20,25-28,30,34H2,1,3-4H3. The van der Waals surface area contributed by atoms with E-state index in [0.29, 0.717) is 49.7 Å². The molecule has 1 fully saturated rings. The largest absolute Gasteiger partial charge is 0.497 e. The molecule has 3 aliphatic rings. The molecule has 0 radical (unpaired) electrons. The minimum atomic E-state index is -1.33. The van der Waals surface area contributed by atoms with Crippen LogP contribution in [0.4, 0.5) is 0 Å². The Morgan fingerprint density at radius 3 is 2.44 bits per heavy atom. The number of nitrogens with zero attached hydrogens (tertiary/aromatic N) is 2. The number of carbonyl (C=O) groups excluding carboxylic acids is 1. The quantitative estimate of drug-likeness (QED) is 0.0484. The summed E-state index contributed by atoms with van der Waals surface area (Å²) in [4.78, 5) is 22.7. The van der Waals surface area contributed by atoms with Crippen LogP contribution in [-0.4, -0.2) is 78.6 Å². The number of allylic oxidation sites excluding steroid dienone is 1. The van der Waals surface area contributed by atoms with Gasteiger partial charge in [0.25, 0.3) is 0 Å². The molecular weight excluding hydrogens is 769 g/mol. The lowest BCUT2D eigenvalue weighted by atomic mass is 9.55. The van der Waals surface area contributed by atoms with E-state index in [9.17, 15) is 15.0 Å². The molecule has 1 amide bonds. The first-order valence-electron chi connectivity index (χ1n) is 22.2. The Kier molecular flexibility index (Phi) is 14.8. The van der Waals surface area contributed by atoms with Gasteiger partial charge in [0.15, 0.2) is 0 Å². The maximum atomic E-state index is 14.8. The smallest absolute Gasteiger partial charge is 0.239 e. The summed E-state index contributed by atoms with van der Waals surface area (Å²) >= 11 is 0. The van der Waals surface area contributed by atoms with E-state index in [1.54, 1.807) is 13.2 Å². The summed E-state index contributed by atoms with van der Waals surface area (Å²) in [6.45, 7) is 9.37. The maximum Gasteiger partial charge on any atom is 0.239 e. The Bertz CT molecular complexity index is 2180. The number of aliphatic hydroxyl groups excluding tert-OH is 2. The van der Waals surface area contributed by atoms with Gasteiger partial charge in [-0.15, -0.1) is 6.58 Å². The molecule has 61 heavy (non-hydrogen) atoms. The van der Waals surface area contributed by atoms with Crippen LogP contribution >= 0.6 is 0 Å². The predicted octanol–water partition coefficient (Wildman–Crippen LogP) is 9.78. The van der Waals surface area contributed by atoms with Gasteiger partial charge < -0.3 is 38.9 Å². The molecule has 0 spiro atoms. The van der Waals surface area contributed by atoms with E-state index in [-0.39, 0.29) is 49.9 Å². The first kappa shape index (κ1) is 43.9.